The first-order valence-corrected chi connectivity index (χ1v) is 4.52. The smallest absolute Gasteiger partial charge is 0.0302 e. The van der Waals surface area contributed by atoms with Crippen molar-refractivity contribution in [2.75, 3.05) is 0 Å². The van der Waals surface area contributed by atoms with E-state index in [0.29, 0.717) is 12.0 Å². The van der Waals surface area contributed by atoms with Crippen molar-refractivity contribution in [3.8, 4) is 0 Å². The Balaban J connectivity index is 2.11. The molecule has 0 radical (unpaired) electrons. The summed E-state index contributed by atoms with van der Waals surface area (Å²) in [6.07, 6.45) is 7.30. The molecule has 1 fully saturated rings. The number of rotatable bonds is 1. The number of hydrogen-bond donors (Lipinski definition) is 1. The summed E-state index contributed by atoms with van der Waals surface area (Å²) in [5.41, 5.74) is 7.19. The first kappa shape index (κ1) is 7.74. The summed E-state index contributed by atoms with van der Waals surface area (Å²) < 4.78 is 0. The van der Waals surface area contributed by atoms with Crippen molar-refractivity contribution in [1.82, 2.24) is 4.98 Å². The van der Waals surface area contributed by atoms with Crippen LogP contribution in [-0.2, 0) is 0 Å². The van der Waals surface area contributed by atoms with E-state index in [1.54, 1.807) is 0 Å². The van der Waals surface area contributed by atoms with Gasteiger partial charge in [0.1, 0.15) is 0 Å². The quantitative estimate of drug-likeness (QED) is 0.682. The third-order valence-corrected chi connectivity index (χ3v) is 2.63. The van der Waals surface area contributed by atoms with Gasteiger partial charge in [-0.3, -0.25) is 4.98 Å². The minimum Gasteiger partial charge on any atom is -0.328 e. The summed E-state index contributed by atoms with van der Waals surface area (Å²) in [7, 11) is 0. The predicted octanol–water partition coefficient (Wildman–Crippen LogP) is 1.68. The van der Waals surface area contributed by atoms with Gasteiger partial charge >= 0.3 is 0 Å². The van der Waals surface area contributed by atoms with Crippen LogP contribution < -0.4 is 5.73 Å². The Bertz CT molecular complexity index is 245. The van der Waals surface area contributed by atoms with E-state index in [2.05, 4.69) is 11.1 Å². The molecule has 0 aromatic carbocycles. The molecule has 2 rings (SSSR count). The van der Waals surface area contributed by atoms with Gasteiger partial charge in [0.15, 0.2) is 0 Å². The molecule has 2 nitrogen and oxygen atoms in total. The number of hydrogen-bond acceptors (Lipinski definition) is 2. The predicted molar refractivity (Wildman–Crippen MR) is 48.8 cm³/mol. The molecular weight excluding hydrogens is 148 g/mol. The molecule has 1 heterocycles. The first-order chi connectivity index (χ1) is 5.86. The van der Waals surface area contributed by atoms with Gasteiger partial charge in [-0.25, -0.2) is 0 Å². The van der Waals surface area contributed by atoms with E-state index in [1.165, 1.54) is 18.4 Å². The minimum atomic E-state index is 0.412. The summed E-state index contributed by atoms with van der Waals surface area (Å²) in [4.78, 5) is 4.11. The normalized spacial score (nSPS) is 29.1. The molecule has 0 amide bonds. The molecule has 2 heteroatoms. The van der Waals surface area contributed by atoms with Crippen molar-refractivity contribution in [1.29, 1.82) is 0 Å². The molecule has 2 N–H and O–H groups in total. The zero-order valence-electron chi connectivity index (χ0n) is 7.11. The van der Waals surface area contributed by atoms with Crippen LogP contribution in [0.25, 0.3) is 0 Å². The van der Waals surface area contributed by atoms with Gasteiger partial charge < -0.3 is 5.73 Å². The van der Waals surface area contributed by atoms with E-state index in [1.807, 2.05) is 18.5 Å². The molecule has 12 heavy (non-hydrogen) atoms. The van der Waals surface area contributed by atoms with Gasteiger partial charge in [-0.2, -0.15) is 0 Å². The topological polar surface area (TPSA) is 38.9 Å². The molecule has 0 saturated heterocycles. The zero-order valence-corrected chi connectivity index (χ0v) is 7.11. The summed E-state index contributed by atoms with van der Waals surface area (Å²) >= 11 is 0. The van der Waals surface area contributed by atoms with E-state index in [9.17, 15) is 0 Å². The summed E-state index contributed by atoms with van der Waals surface area (Å²) in [5.74, 6) is 0.661. The van der Waals surface area contributed by atoms with Gasteiger partial charge in [0.25, 0.3) is 0 Å². The van der Waals surface area contributed by atoms with Crippen LogP contribution in [-0.4, -0.2) is 11.0 Å². The van der Waals surface area contributed by atoms with E-state index in [-0.39, 0.29) is 0 Å². The van der Waals surface area contributed by atoms with Gasteiger partial charge in [0.05, 0.1) is 0 Å². The Hall–Kier alpha value is -0.890. The van der Waals surface area contributed by atoms with Crippen molar-refractivity contribution < 1.29 is 0 Å². The number of aromatic nitrogens is 1. The summed E-state index contributed by atoms with van der Waals surface area (Å²) in [5, 5.41) is 0. The second-order valence-electron chi connectivity index (χ2n) is 3.56. The van der Waals surface area contributed by atoms with Crippen molar-refractivity contribution in [3.05, 3.63) is 30.1 Å². The van der Waals surface area contributed by atoms with Gasteiger partial charge in [-0.1, -0.05) is 6.07 Å². The lowest BCUT2D eigenvalue weighted by Gasteiger charge is -2.07. The SMILES string of the molecule is N[C@@H]1CC[C@@H](c2cccnc2)C1. The highest BCUT2D eigenvalue weighted by atomic mass is 14.7. The molecular formula is C10H14N2. The zero-order chi connectivity index (χ0) is 8.39. The van der Waals surface area contributed by atoms with E-state index in [0.717, 1.165) is 6.42 Å². The van der Waals surface area contributed by atoms with Crippen LogP contribution in [0.1, 0.15) is 30.7 Å². The highest BCUT2D eigenvalue weighted by Gasteiger charge is 2.22. The second kappa shape index (κ2) is 3.23. The molecule has 1 aliphatic rings. The Kier molecular flexibility index (Phi) is 2.09. The maximum atomic E-state index is 5.84. The molecule has 0 spiro atoms. The van der Waals surface area contributed by atoms with Gasteiger partial charge in [0.2, 0.25) is 0 Å². The molecule has 0 bridgehead atoms. The largest absolute Gasteiger partial charge is 0.328 e. The van der Waals surface area contributed by atoms with Crippen molar-refractivity contribution in [2.24, 2.45) is 5.73 Å². The van der Waals surface area contributed by atoms with Gasteiger partial charge in [-0.15, -0.1) is 0 Å². The number of nitrogens with zero attached hydrogens (tertiary/aromatic N) is 1. The maximum Gasteiger partial charge on any atom is 0.0302 e. The van der Waals surface area contributed by atoms with Crippen molar-refractivity contribution in [3.63, 3.8) is 0 Å². The molecule has 0 unspecified atom stereocenters. The lowest BCUT2D eigenvalue weighted by atomic mass is 10.00. The first-order valence-electron chi connectivity index (χ1n) is 4.52. The molecule has 64 valence electrons. The summed E-state index contributed by atoms with van der Waals surface area (Å²) in [6.45, 7) is 0. The maximum absolute atomic E-state index is 5.84. The van der Waals surface area contributed by atoms with Crippen LogP contribution in [0.15, 0.2) is 24.5 Å². The number of nitrogens with two attached hydrogens (primary N) is 1. The lowest BCUT2D eigenvalue weighted by molar-refractivity contribution is 0.673. The summed E-state index contributed by atoms with van der Waals surface area (Å²) in [6, 6.07) is 4.56. The van der Waals surface area contributed by atoms with E-state index in [4.69, 9.17) is 5.73 Å². The molecule has 2 atom stereocenters. The second-order valence-corrected chi connectivity index (χ2v) is 3.56. The van der Waals surface area contributed by atoms with Crippen LogP contribution in [0.5, 0.6) is 0 Å². The third kappa shape index (κ3) is 1.48. The van der Waals surface area contributed by atoms with Crippen LogP contribution in [0.2, 0.25) is 0 Å². The van der Waals surface area contributed by atoms with Crippen LogP contribution in [0, 0.1) is 0 Å². The van der Waals surface area contributed by atoms with Crippen LogP contribution in [0.3, 0.4) is 0 Å². The number of pyridine rings is 1. The van der Waals surface area contributed by atoms with Crippen LogP contribution >= 0.6 is 0 Å². The van der Waals surface area contributed by atoms with Crippen molar-refractivity contribution in [2.45, 2.75) is 31.2 Å². The fraction of sp³-hybridized carbons (Fsp3) is 0.500. The highest BCUT2D eigenvalue weighted by molar-refractivity contribution is 5.16. The fourth-order valence-corrected chi connectivity index (χ4v) is 1.94. The molecule has 1 aromatic heterocycles. The average molecular weight is 162 g/mol. The molecule has 1 saturated carbocycles. The van der Waals surface area contributed by atoms with E-state index >= 15 is 0 Å². The highest BCUT2D eigenvalue weighted by Crippen LogP contribution is 2.32. The monoisotopic (exact) mass is 162 g/mol. The minimum absolute atomic E-state index is 0.412. The molecule has 1 aliphatic carbocycles. The average Bonchev–Trinajstić information content (AvgIpc) is 2.54. The standard InChI is InChI=1S/C10H14N2/c11-10-4-3-8(6-10)9-2-1-5-12-7-9/h1-2,5,7-8,10H,3-4,6,11H2/t8-,10-/m1/s1. The molecule has 0 aliphatic heterocycles. The fourth-order valence-electron chi connectivity index (χ4n) is 1.94. The van der Waals surface area contributed by atoms with Crippen molar-refractivity contribution >= 4 is 0 Å². The van der Waals surface area contributed by atoms with Gasteiger partial charge in [-0.05, 0) is 36.8 Å². The van der Waals surface area contributed by atoms with E-state index < -0.39 is 0 Å². The Morgan fingerprint density at radius 2 is 2.33 bits per heavy atom. The lowest BCUT2D eigenvalue weighted by Crippen LogP contribution is -2.14. The third-order valence-electron chi connectivity index (χ3n) is 2.63. The van der Waals surface area contributed by atoms with Crippen LogP contribution in [0.4, 0.5) is 0 Å². The molecule has 1 aromatic rings. The van der Waals surface area contributed by atoms with Gasteiger partial charge in [0, 0.05) is 18.4 Å². The Morgan fingerprint density at radius 3 is 2.92 bits per heavy atom. The Morgan fingerprint density at radius 1 is 1.42 bits per heavy atom. The Labute approximate surface area is 72.8 Å².